The van der Waals surface area contributed by atoms with E-state index in [9.17, 15) is 0 Å². The topological polar surface area (TPSA) is 45.0 Å². The fraction of sp³-hybridized carbons (Fsp3) is 0.462. The average molecular weight is 216 g/mol. The van der Waals surface area contributed by atoms with Crippen molar-refractivity contribution in [2.24, 2.45) is 5.41 Å². The second kappa shape index (κ2) is 4.15. The summed E-state index contributed by atoms with van der Waals surface area (Å²) < 4.78 is 5.11. The first-order chi connectivity index (χ1) is 7.67. The summed E-state index contributed by atoms with van der Waals surface area (Å²) >= 11 is 0. The van der Waals surface area contributed by atoms with E-state index in [0.717, 1.165) is 5.69 Å². The lowest BCUT2D eigenvalue weighted by molar-refractivity contribution is -0.0690. The maximum Gasteiger partial charge on any atom is 0.121 e. The first kappa shape index (κ1) is 11.0. The highest BCUT2D eigenvalue weighted by Crippen LogP contribution is 2.28. The highest BCUT2D eigenvalue weighted by atomic mass is 16.5. The first-order valence-electron chi connectivity index (χ1n) is 5.46. The molecule has 0 atom stereocenters. The van der Waals surface area contributed by atoms with Gasteiger partial charge in [0.2, 0.25) is 0 Å². The van der Waals surface area contributed by atoms with Crippen molar-refractivity contribution in [3.63, 3.8) is 0 Å². The quantitative estimate of drug-likeness (QED) is 0.842. The van der Waals surface area contributed by atoms with Crippen molar-refractivity contribution in [2.45, 2.75) is 13.8 Å². The molecule has 0 amide bonds. The Morgan fingerprint density at radius 2 is 2.19 bits per heavy atom. The van der Waals surface area contributed by atoms with Crippen LogP contribution in [0.3, 0.4) is 0 Å². The fourth-order valence-electron chi connectivity index (χ4n) is 1.76. The van der Waals surface area contributed by atoms with Crippen molar-refractivity contribution >= 4 is 5.69 Å². The van der Waals surface area contributed by atoms with Gasteiger partial charge in [-0.1, -0.05) is 12.1 Å². The van der Waals surface area contributed by atoms with Crippen LogP contribution < -0.4 is 5.32 Å². The minimum atomic E-state index is -0.323. The number of aryl methyl sites for hydroxylation is 1. The highest BCUT2D eigenvalue weighted by molar-refractivity contribution is 5.54. The van der Waals surface area contributed by atoms with Gasteiger partial charge in [0.05, 0.1) is 19.3 Å². The molecule has 0 saturated carbocycles. The lowest BCUT2D eigenvalue weighted by Gasteiger charge is -2.35. The lowest BCUT2D eigenvalue weighted by atomic mass is 9.88. The standard InChI is InChI=1S/C13H16N2O/c1-10-4-3-5-12(11(10)2)15-7-13(6-14)8-16-9-13/h3-5,15H,7-9H2,1-2H3. The summed E-state index contributed by atoms with van der Waals surface area (Å²) in [4.78, 5) is 0. The van der Waals surface area contributed by atoms with Gasteiger partial charge in [-0.15, -0.1) is 0 Å². The van der Waals surface area contributed by atoms with Gasteiger partial charge in [0.15, 0.2) is 0 Å². The molecular formula is C13H16N2O. The molecule has 16 heavy (non-hydrogen) atoms. The monoisotopic (exact) mass is 216 g/mol. The van der Waals surface area contributed by atoms with Gasteiger partial charge in [-0.25, -0.2) is 0 Å². The van der Waals surface area contributed by atoms with E-state index < -0.39 is 0 Å². The maximum absolute atomic E-state index is 9.07. The molecule has 1 aliphatic heterocycles. The van der Waals surface area contributed by atoms with Crippen molar-refractivity contribution in [3.8, 4) is 6.07 Å². The predicted molar refractivity (Wildman–Crippen MR) is 63.3 cm³/mol. The minimum absolute atomic E-state index is 0.323. The molecule has 1 heterocycles. The van der Waals surface area contributed by atoms with Crippen molar-refractivity contribution in [1.29, 1.82) is 5.26 Å². The summed E-state index contributed by atoms with van der Waals surface area (Å²) in [6.45, 7) is 5.93. The second-order valence-electron chi connectivity index (χ2n) is 4.49. The molecule has 1 fully saturated rings. The number of ether oxygens (including phenoxy) is 1. The van der Waals surface area contributed by atoms with E-state index in [1.54, 1.807) is 0 Å². The molecule has 3 nitrogen and oxygen atoms in total. The summed E-state index contributed by atoms with van der Waals surface area (Å²) in [6, 6.07) is 8.50. The Bertz CT molecular complexity index is 430. The van der Waals surface area contributed by atoms with Gasteiger partial charge in [0.25, 0.3) is 0 Å². The van der Waals surface area contributed by atoms with E-state index in [2.05, 4.69) is 31.3 Å². The van der Waals surface area contributed by atoms with Crippen LogP contribution in [-0.2, 0) is 4.74 Å². The third-order valence-corrected chi connectivity index (χ3v) is 3.22. The zero-order chi connectivity index (χ0) is 11.6. The summed E-state index contributed by atoms with van der Waals surface area (Å²) in [6.07, 6.45) is 0. The summed E-state index contributed by atoms with van der Waals surface area (Å²) in [7, 11) is 0. The molecule has 0 aromatic heterocycles. The van der Waals surface area contributed by atoms with Gasteiger partial charge in [0.1, 0.15) is 5.41 Å². The van der Waals surface area contributed by atoms with E-state index in [-0.39, 0.29) is 5.41 Å². The molecule has 3 heteroatoms. The summed E-state index contributed by atoms with van der Waals surface area (Å²) in [5, 5.41) is 12.4. The number of nitrogens with zero attached hydrogens (tertiary/aromatic N) is 1. The molecule has 84 valence electrons. The van der Waals surface area contributed by atoms with Gasteiger partial charge < -0.3 is 10.1 Å². The van der Waals surface area contributed by atoms with Crippen LogP contribution in [0.5, 0.6) is 0 Å². The third kappa shape index (κ3) is 1.89. The maximum atomic E-state index is 9.07. The van der Waals surface area contributed by atoms with Crippen molar-refractivity contribution in [1.82, 2.24) is 0 Å². The average Bonchev–Trinajstić information content (AvgIpc) is 2.23. The van der Waals surface area contributed by atoms with Crippen LogP contribution in [-0.4, -0.2) is 19.8 Å². The molecule has 1 aromatic carbocycles. The van der Waals surface area contributed by atoms with Crippen LogP contribution in [0.25, 0.3) is 0 Å². The predicted octanol–water partition coefficient (Wildman–Crippen LogP) is 2.26. The minimum Gasteiger partial charge on any atom is -0.383 e. The zero-order valence-corrected chi connectivity index (χ0v) is 9.71. The van der Waals surface area contributed by atoms with Crippen LogP contribution in [0.1, 0.15) is 11.1 Å². The fourth-order valence-corrected chi connectivity index (χ4v) is 1.76. The van der Waals surface area contributed by atoms with Crippen LogP contribution in [0.2, 0.25) is 0 Å². The summed E-state index contributed by atoms with van der Waals surface area (Å²) in [5.41, 5.74) is 3.30. The number of anilines is 1. The van der Waals surface area contributed by atoms with Crippen molar-refractivity contribution in [3.05, 3.63) is 29.3 Å². The Morgan fingerprint density at radius 3 is 2.75 bits per heavy atom. The van der Waals surface area contributed by atoms with Crippen molar-refractivity contribution in [2.75, 3.05) is 25.1 Å². The highest BCUT2D eigenvalue weighted by Gasteiger charge is 2.38. The Labute approximate surface area is 96.0 Å². The van der Waals surface area contributed by atoms with Crippen LogP contribution >= 0.6 is 0 Å². The number of hydrogen-bond donors (Lipinski definition) is 1. The molecule has 0 radical (unpaired) electrons. The van der Waals surface area contributed by atoms with E-state index >= 15 is 0 Å². The summed E-state index contributed by atoms with van der Waals surface area (Å²) in [5.74, 6) is 0. The number of nitriles is 1. The van der Waals surface area contributed by atoms with E-state index in [1.807, 2.05) is 12.1 Å². The Morgan fingerprint density at radius 1 is 1.44 bits per heavy atom. The van der Waals surface area contributed by atoms with Gasteiger partial charge in [-0.2, -0.15) is 5.26 Å². The number of nitrogens with one attached hydrogen (secondary N) is 1. The Kier molecular flexibility index (Phi) is 2.84. The molecule has 0 unspecified atom stereocenters. The largest absolute Gasteiger partial charge is 0.383 e. The third-order valence-electron chi connectivity index (χ3n) is 3.22. The Balaban J connectivity index is 2.05. The molecule has 1 saturated heterocycles. The van der Waals surface area contributed by atoms with E-state index in [4.69, 9.17) is 10.00 Å². The number of hydrogen-bond acceptors (Lipinski definition) is 3. The van der Waals surface area contributed by atoms with Gasteiger partial charge in [0, 0.05) is 12.2 Å². The molecule has 1 aromatic rings. The van der Waals surface area contributed by atoms with Crippen LogP contribution in [0.4, 0.5) is 5.69 Å². The smallest absolute Gasteiger partial charge is 0.121 e. The van der Waals surface area contributed by atoms with Gasteiger partial charge in [-0.3, -0.25) is 0 Å². The molecule has 1 aliphatic rings. The van der Waals surface area contributed by atoms with Gasteiger partial charge in [-0.05, 0) is 31.0 Å². The number of rotatable bonds is 3. The van der Waals surface area contributed by atoms with Gasteiger partial charge >= 0.3 is 0 Å². The SMILES string of the molecule is Cc1cccc(NCC2(C#N)COC2)c1C. The molecule has 1 N–H and O–H groups in total. The second-order valence-corrected chi connectivity index (χ2v) is 4.49. The molecule has 0 spiro atoms. The van der Waals surface area contributed by atoms with Crippen LogP contribution in [0, 0.1) is 30.6 Å². The molecular weight excluding hydrogens is 200 g/mol. The van der Waals surface area contributed by atoms with Crippen LogP contribution in [0.15, 0.2) is 18.2 Å². The van der Waals surface area contributed by atoms with Crippen molar-refractivity contribution < 1.29 is 4.74 Å². The molecule has 0 bridgehead atoms. The Hall–Kier alpha value is -1.53. The molecule has 0 aliphatic carbocycles. The first-order valence-corrected chi connectivity index (χ1v) is 5.46. The number of benzene rings is 1. The normalized spacial score (nSPS) is 17.3. The lowest BCUT2D eigenvalue weighted by Crippen LogP contribution is -2.46. The molecule has 2 rings (SSSR count). The zero-order valence-electron chi connectivity index (χ0n) is 9.71. The van der Waals surface area contributed by atoms with E-state index in [1.165, 1.54) is 11.1 Å². The van der Waals surface area contributed by atoms with E-state index in [0.29, 0.717) is 19.8 Å².